The molecule has 2 atom stereocenters. The fourth-order valence-electron chi connectivity index (χ4n) is 3.27. The van der Waals surface area contributed by atoms with E-state index >= 15 is 0 Å². The van der Waals surface area contributed by atoms with Crippen molar-refractivity contribution in [1.29, 1.82) is 0 Å². The van der Waals surface area contributed by atoms with E-state index in [9.17, 15) is 9.00 Å². The minimum absolute atomic E-state index is 0.0137. The molecule has 0 aliphatic carbocycles. The van der Waals surface area contributed by atoms with Crippen molar-refractivity contribution in [3.8, 4) is 11.3 Å². The summed E-state index contributed by atoms with van der Waals surface area (Å²) in [7, 11) is -0.928. The second kappa shape index (κ2) is 6.57. The molecule has 0 saturated carbocycles. The van der Waals surface area contributed by atoms with Gasteiger partial charge in [-0.25, -0.2) is 0 Å². The van der Waals surface area contributed by atoms with Crippen LogP contribution in [0.25, 0.3) is 22.0 Å². The number of fused-ring (bicyclic) bond motifs is 1. The lowest BCUT2D eigenvalue weighted by atomic mass is 10.0. The fourth-order valence-corrected chi connectivity index (χ4v) is 4.29. The van der Waals surface area contributed by atoms with Gasteiger partial charge >= 0.3 is 0 Å². The van der Waals surface area contributed by atoms with Crippen molar-refractivity contribution in [2.24, 2.45) is 0 Å². The summed E-state index contributed by atoms with van der Waals surface area (Å²) in [6, 6.07) is 14.0. The first-order valence-corrected chi connectivity index (χ1v) is 9.95. The van der Waals surface area contributed by atoms with Crippen LogP contribution in [0.15, 0.2) is 58.7 Å². The number of rotatable bonds is 3. The number of benzene rings is 2. The molecule has 1 aliphatic heterocycles. The van der Waals surface area contributed by atoms with Crippen LogP contribution in [0.3, 0.4) is 0 Å². The molecule has 1 aromatic heterocycles. The Kier molecular flexibility index (Phi) is 4.24. The number of hydrogen-bond donors (Lipinski definition) is 2. The van der Waals surface area contributed by atoms with Crippen LogP contribution in [-0.2, 0) is 10.8 Å². The van der Waals surface area contributed by atoms with Crippen LogP contribution < -0.4 is 10.9 Å². The first-order chi connectivity index (χ1) is 12.5. The minimum Gasteiger partial charge on any atom is -0.377 e. The van der Waals surface area contributed by atoms with Crippen LogP contribution in [0, 0.1) is 13.8 Å². The quantitative estimate of drug-likeness (QED) is 0.742. The average molecular weight is 364 g/mol. The summed E-state index contributed by atoms with van der Waals surface area (Å²) < 4.78 is 11.5. The smallest absolute Gasteiger partial charge is 0.258 e. The van der Waals surface area contributed by atoms with Crippen molar-refractivity contribution in [3.63, 3.8) is 0 Å². The van der Waals surface area contributed by atoms with Gasteiger partial charge in [0.05, 0.1) is 17.2 Å². The maximum atomic E-state index is 12.8. The van der Waals surface area contributed by atoms with Gasteiger partial charge in [0.2, 0.25) is 0 Å². The molecule has 4 rings (SSSR count). The minimum atomic E-state index is -0.928. The van der Waals surface area contributed by atoms with Crippen molar-refractivity contribution in [2.75, 3.05) is 11.1 Å². The van der Waals surface area contributed by atoms with E-state index < -0.39 is 10.8 Å². The molecule has 0 spiro atoms. The molecule has 0 fully saturated rings. The van der Waals surface area contributed by atoms with Gasteiger partial charge in [-0.2, -0.15) is 0 Å². The molecule has 4 nitrogen and oxygen atoms in total. The maximum absolute atomic E-state index is 12.8. The summed E-state index contributed by atoms with van der Waals surface area (Å²) in [5.41, 5.74) is 4.88. The Balaban J connectivity index is 1.78. The van der Waals surface area contributed by atoms with Crippen LogP contribution in [0.2, 0.25) is 0 Å². The summed E-state index contributed by atoms with van der Waals surface area (Å²) in [4.78, 5) is 15.8. The molecule has 2 unspecified atom stereocenters. The number of aryl methyl sites for hydroxylation is 2. The zero-order valence-electron chi connectivity index (χ0n) is 14.7. The van der Waals surface area contributed by atoms with Crippen molar-refractivity contribution < 1.29 is 4.21 Å². The molecule has 2 N–H and O–H groups in total. The molecule has 5 heteroatoms. The van der Waals surface area contributed by atoms with Crippen molar-refractivity contribution in [3.05, 3.63) is 75.4 Å². The monoisotopic (exact) mass is 364 g/mol. The zero-order chi connectivity index (χ0) is 18.3. The Morgan fingerprint density at radius 2 is 1.96 bits per heavy atom. The van der Waals surface area contributed by atoms with Gasteiger partial charge in [0, 0.05) is 27.6 Å². The van der Waals surface area contributed by atoms with E-state index in [0.29, 0.717) is 11.1 Å². The largest absolute Gasteiger partial charge is 0.377 e. The van der Waals surface area contributed by atoms with Gasteiger partial charge in [-0.05, 0) is 54.1 Å². The van der Waals surface area contributed by atoms with Gasteiger partial charge in [0.15, 0.2) is 0 Å². The molecule has 0 radical (unpaired) electrons. The standard InChI is InChI=1S/C21H20N2O2S/c1-13-6-7-15(10-14(13)2)19-11-16-4-3-5-18(20(16)21(24)23-19)22-17-8-9-26(25)12-17/h3-11,17,22H,12H2,1-2H3,(H,23,24). The Morgan fingerprint density at radius 3 is 2.69 bits per heavy atom. The van der Waals surface area contributed by atoms with Crippen molar-refractivity contribution >= 4 is 27.3 Å². The SMILES string of the molecule is Cc1ccc(-c2cc3cccc(NC4C=CS(=O)C4)c3c(=O)[nH]2)cc1C. The molecule has 26 heavy (non-hydrogen) atoms. The lowest BCUT2D eigenvalue weighted by Crippen LogP contribution is -2.21. The summed E-state index contributed by atoms with van der Waals surface area (Å²) in [5.74, 6) is 0.537. The van der Waals surface area contributed by atoms with Crippen LogP contribution in [0.5, 0.6) is 0 Å². The first kappa shape index (κ1) is 16.8. The molecule has 3 aromatic rings. The summed E-state index contributed by atoms with van der Waals surface area (Å²) >= 11 is 0. The third-order valence-corrected chi connectivity index (χ3v) is 5.99. The summed E-state index contributed by atoms with van der Waals surface area (Å²) in [6.45, 7) is 4.14. The van der Waals surface area contributed by atoms with Gasteiger partial charge in [-0.15, -0.1) is 0 Å². The highest BCUT2D eigenvalue weighted by molar-refractivity contribution is 7.88. The Morgan fingerprint density at radius 1 is 1.12 bits per heavy atom. The predicted octanol–water partition coefficient (Wildman–Crippen LogP) is 3.87. The number of nitrogens with one attached hydrogen (secondary N) is 2. The lowest BCUT2D eigenvalue weighted by molar-refractivity contribution is 0.688. The second-order valence-electron chi connectivity index (χ2n) is 6.71. The topological polar surface area (TPSA) is 62.0 Å². The molecule has 0 bridgehead atoms. The summed E-state index contributed by atoms with van der Waals surface area (Å²) in [6.07, 6.45) is 1.90. The Labute approximate surface area is 154 Å². The van der Waals surface area contributed by atoms with Crippen LogP contribution >= 0.6 is 0 Å². The molecule has 1 aliphatic rings. The van der Waals surface area contributed by atoms with Gasteiger partial charge in [-0.1, -0.05) is 30.3 Å². The molecule has 2 heterocycles. The Hall–Kier alpha value is -2.66. The third-order valence-electron chi connectivity index (χ3n) is 4.84. The van der Waals surface area contributed by atoms with E-state index in [-0.39, 0.29) is 11.6 Å². The number of aromatic amines is 1. The second-order valence-corrected chi connectivity index (χ2v) is 8.07. The van der Waals surface area contributed by atoms with Crippen molar-refractivity contribution in [1.82, 2.24) is 4.98 Å². The fraction of sp³-hybridized carbons (Fsp3) is 0.190. The van der Waals surface area contributed by atoms with Gasteiger partial charge in [0.1, 0.15) is 0 Å². The maximum Gasteiger partial charge on any atom is 0.258 e. The molecule has 0 amide bonds. The van der Waals surface area contributed by atoms with E-state index in [1.165, 1.54) is 11.1 Å². The summed E-state index contributed by atoms with van der Waals surface area (Å²) in [5, 5.41) is 6.55. The molecule has 132 valence electrons. The highest BCUT2D eigenvalue weighted by Gasteiger charge is 2.16. The Bertz CT molecular complexity index is 1110. The van der Waals surface area contributed by atoms with E-state index in [1.807, 2.05) is 36.4 Å². The molecule has 0 saturated heterocycles. The highest BCUT2D eigenvalue weighted by Crippen LogP contribution is 2.26. The highest BCUT2D eigenvalue weighted by atomic mass is 32.2. The van der Waals surface area contributed by atoms with Crippen molar-refractivity contribution in [2.45, 2.75) is 19.9 Å². The number of anilines is 1. The van der Waals surface area contributed by atoms with E-state index in [0.717, 1.165) is 22.3 Å². The number of H-pyrrole nitrogens is 1. The average Bonchev–Trinajstić information content (AvgIpc) is 3.02. The molecule has 2 aromatic carbocycles. The molecular weight excluding hydrogens is 344 g/mol. The normalized spacial score (nSPS) is 19.2. The van der Waals surface area contributed by atoms with E-state index in [1.54, 1.807) is 5.41 Å². The molecular formula is C21H20N2O2S. The number of hydrogen-bond acceptors (Lipinski definition) is 3. The van der Waals surface area contributed by atoms with E-state index in [4.69, 9.17) is 0 Å². The van der Waals surface area contributed by atoms with Gasteiger partial charge in [-0.3, -0.25) is 9.00 Å². The number of aromatic nitrogens is 1. The first-order valence-electron chi connectivity index (χ1n) is 8.57. The predicted molar refractivity (Wildman–Crippen MR) is 109 cm³/mol. The van der Waals surface area contributed by atoms with Crippen LogP contribution in [-0.4, -0.2) is 21.0 Å². The zero-order valence-corrected chi connectivity index (χ0v) is 15.5. The van der Waals surface area contributed by atoms with Gasteiger partial charge < -0.3 is 10.3 Å². The van der Waals surface area contributed by atoms with Gasteiger partial charge in [0.25, 0.3) is 5.56 Å². The third kappa shape index (κ3) is 3.10. The number of pyridine rings is 1. The van der Waals surface area contributed by atoms with Crippen LogP contribution in [0.4, 0.5) is 5.69 Å². The van der Waals surface area contributed by atoms with Crippen LogP contribution in [0.1, 0.15) is 11.1 Å². The van der Waals surface area contributed by atoms with E-state index in [2.05, 4.69) is 36.3 Å². The lowest BCUT2D eigenvalue weighted by Gasteiger charge is -2.14.